The second kappa shape index (κ2) is 13.2. The molecule has 0 bridgehead atoms. The zero-order valence-corrected chi connectivity index (χ0v) is 22.7. The lowest BCUT2D eigenvalue weighted by molar-refractivity contribution is -0.134. The molecule has 3 amide bonds. The van der Waals surface area contributed by atoms with Gasteiger partial charge in [-0.25, -0.2) is 4.79 Å². The number of ether oxygens (including phenoxy) is 1. The van der Waals surface area contributed by atoms with E-state index in [-0.39, 0.29) is 43.0 Å². The first-order chi connectivity index (χ1) is 18.8. The molecule has 3 N–H and O–H groups in total. The van der Waals surface area contributed by atoms with E-state index in [0.717, 1.165) is 12.1 Å². The van der Waals surface area contributed by atoms with Crippen LogP contribution in [0, 0.1) is 5.92 Å². The molecule has 4 rings (SSSR count). The molecule has 0 saturated carbocycles. The number of carbonyl (C=O) groups is 2. The standard InChI is InChI=1S/C30H37N5O4/c1-21-17-35(22(2)20-36)29(37)16-24-15-26(33-30(38)32-25-7-5-4-6-8-25)9-10-27(24)39-28(21)19-34(3)18-23-11-13-31-14-12-23/h4-15,21-22,28,36H,16-20H2,1-3H3,(H2,32,33,38)/t21-,22+,28-/m1/s1. The van der Waals surface area contributed by atoms with Gasteiger partial charge in [0.1, 0.15) is 11.9 Å². The molecule has 9 nitrogen and oxygen atoms in total. The topological polar surface area (TPSA) is 107 Å². The van der Waals surface area contributed by atoms with Gasteiger partial charge >= 0.3 is 6.03 Å². The summed E-state index contributed by atoms with van der Waals surface area (Å²) >= 11 is 0. The van der Waals surface area contributed by atoms with Gasteiger partial charge in [-0.15, -0.1) is 0 Å². The zero-order chi connectivity index (χ0) is 27.8. The summed E-state index contributed by atoms with van der Waals surface area (Å²) in [6.45, 7) is 5.63. The van der Waals surface area contributed by atoms with Gasteiger partial charge in [0.05, 0.1) is 19.1 Å². The molecule has 1 aliphatic heterocycles. The number of aromatic nitrogens is 1. The first kappa shape index (κ1) is 28.1. The number of aliphatic hydroxyl groups is 1. The van der Waals surface area contributed by atoms with Crippen molar-refractivity contribution in [3.8, 4) is 5.75 Å². The van der Waals surface area contributed by atoms with Crippen molar-refractivity contribution in [2.24, 2.45) is 5.92 Å². The molecule has 1 aliphatic rings. The van der Waals surface area contributed by atoms with E-state index in [2.05, 4.69) is 27.4 Å². The predicted octanol–water partition coefficient (Wildman–Crippen LogP) is 4.01. The Hall–Kier alpha value is -3.95. The fourth-order valence-corrected chi connectivity index (χ4v) is 4.71. The highest BCUT2D eigenvalue weighted by Gasteiger charge is 2.31. The number of anilines is 2. The number of para-hydroxylation sites is 1. The lowest BCUT2D eigenvalue weighted by Gasteiger charge is -2.34. The fraction of sp³-hybridized carbons (Fsp3) is 0.367. The highest BCUT2D eigenvalue weighted by molar-refractivity contribution is 5.99. The summed E-state index contributed by atoms with van der Waals surface area (Å²) < 4.78 is 6.58. The van der Waals surface area contributed by atoms with Crippen molar-refractivity contribution in [3.63, 3.8) is 0 Å². The molecule has 0 fully saturated rings. The number of carbonyl (C=O) groups excluding carboxylic acids is 2. The van der Waals surface area contributed by atoms with Crippen molar-refractivity contribution in [2.45, 2.75) is 39.0 Å². The molecule has 0 unspecified atom stereocenters. The van der Waals surface area contributed by atoms with Crippen molar-refractivity contribution >= 4 is 23.3 Å². The van der Waals surface area contributed by atoms with E-state index < -0.39 is 0 Å². The number of fused-ring (bicyclic) bond motifs is 1. The van der Waals surface area contributed by atoms with Crippen LogP contribution >= 0.6 is 0 Å². The van der Waals surface area contributed by atoms with E-state index >= 15 is 0 Å². The Kier molecular flexibility index (Phi) is 9.51. The van der Waals surface area contributed by atoms with Crippen LogP contribution in [-0.4, -0.2) is 70.7 Å². The minimum absolute atomic E-state index is 0.00300. The van der Waals surface area contributed by atoms with E-state index in [1.807, 2.05) is 50.4 Å². The monoisotopic (exact) mass is 531 g/mol. The van der Waals surface area contributed by atoms with Crippen molar-refractivity contribution < 1.29 is 19.4 Å². The Morgan fingerprint density at radius 3 is 2.56 bits per heavy atom. The smallest absolute Gasteiger partial charge is 0.323 e. The Balaban J connectivity index is 1.56. The highest BCUT2D eigenvalue weighted by atomic mass is 16.5. The van der Waals surface area contributed by atoms with Crippen LogP contribution in [0.25, 0.3) is 0 Å². The van der Waals surface area contributed by atoms with Crippen LogP contribution in [-0.2, 0) is 17.8 Å². The molecule has 3 aromatic rings. The molecule has 0 aliphatic carbocycles. The largest absolute Gasteiger partial charge is 0.488 e. The van der Waals surface area contributed by atoms with Crippen LogP contribution in [0.2, 0.25) is 0 Å². The first-order valence-corrected chi connectivity index (χ1v) is 13.2. The summed E-state index contributed by atoms with van der Waals surface area (Å²) in [6.07, 6.45) is 3.45. The van der Waals surface area contributed by atoms with Crippen LogP contribution in [0.5, 0.6) is 5.75 Å². The Labute approximate surface area is 229 Å². The third kappa shape index (κ3) is 7.78. The maximum Gasteiger partial charge on any atom is 0.323 e. The molecule has 0 saturated heterocycles. The van der Waals surface area contributed by atoms with Gasteiger partial charge in [-0.3, -0.25) is 14.7 Å². The van der Waals surface area contributed by atoms with Gasteiger partial charge in [0.15, 0.2) is 0 Å². The van der Waals surface area contributed by atoms with Crippen molar-refractivity contribution in [3.05, 3.63) is 84.2 Å². The quantitative estimate of drug-likeness (QED) is 0.406. The molecule has 1 aromatic heterocycles. The van der Waals surface area contributed by atoms with Crippen LogP contribution in [0.15, 0.2) is 73.1 Å². The fourth-order valence-electron chi connectivity index (χ4n) is 4.71. The number of aliphatic hydroxyl groups excluding tert-OH is 1. The second-order valence-corrected chi connectivity index (χ2v) is 10.2. The maximum atomic E-state index is 13.4. The van der Waals surface area contributed by atoms with Gasteiger partial charge in [-0.2, -0.15) is 0 Å². The predicted molar refractivity (Wildman–Crippen MR) is 152 cm³/mol. The minimum atomic E-state index is -0.378. The number of hydrogen-bond donors (Lipinski definition) is 3. The lowest BCUT2D eigenvalue weighted by atomic mass is 10.0. The SMILES string of the molecule is C[C@@H]1CN([C@@H](C)CO)C(=O)Cc2cc(NC(=O)Nc3ccccc3)ccc2O[C@@H]1CN(C)Cc1ccncc1. The normalized spacial score (nSPS) is 18.3. The van der Waals surface area contributed by atoms with Crippen molar-refractivity contribution in [1.29, 1.82) is 0 Å². The summed E-state index contributed by atoms with van der Waals surface area (Å²) in [6, 6.07) is 17.8. The first-order valence-electron chi connectivity index (χ1n) is 13.2. The zero-order valence-electron chi connectivity index (χ0n) is 22.7. The molecule has 0 spiro atoms. The number of rotatable bonds is 8. The molecule has 206 valence electrons. The molecule has 3 atom stereocenters. The Morgan fingerprint density at radius 1 is 1.13 bits per heavy atom. The summed E-state index contributed by atoms with van der Waals surface area (Å²) in [4.78, 5) is 34.0. The van der Waals surface area contributed by atoms with Crippen molar-refractivity contribution in [1.82, 2.24) is 14.8 Å². The van der Waals surface area contributed by atoms with Gasteiger partial charge in [-0.05, 0) is 62.0 Å². The number of nitrogens with zero attached hydrogens (tertiary/aromatic N) is 3. The number of hydrogen-bond acceptors (Lipinski definition) is 6. The summed E-state index contributed by atoms with van der Waals surface area (Å²) in [5, 5.41) is 15.5. The summed E-state index contributed by atoms with van der Waals surface area (Å²) in [5.41, 5.74) is 3.07. The van der Waals surface area contributed by atoms with Crippen LogP contribution in [0.3, 0.4) is 0 Å². The van der Waals surface area contributed by atoms with Crippen LogP contribution in [0.4, 0.5) is 16.2 Å². The van der Waals surface area contributed by atoms with Crippen LogP contribution < -0.4 is 15.4 Å². The van der Waals surface area contributed by atoms with Gasteiger partial charge in [0.25, 0.3) is 0 Å². The van der Waals surface area contributed by atoms with Gasteiger partial charge in [0.2, 0.25) is 5.91 Å². The van der Waals surface area contributed by atoms with Gasteiger partial charge < -0.3 is 25.4 Å². The molecule has 39 heavy (non-hydrogen) atoms. The van der Waals surface area contributed by atoms with Gasteiger partial charge in [0, 0.05) is 54.9 Å². The minimum Gasteiger partial charge on any atom is -0.488 e. The van der Waals surface area contributed by atoms with Crippen LogP contribution in [0.1, 0.15) is 25.0 Å². The van der Waals surface area contributed by atoms with E-state index in [9.17, 15) is 14.7 Å². The van der Waals surface area contributed by atoms with E-state index in [4.69, 9.17) is 4.74 Å². The molecule has 0 radical (unpaired) electrons. The number of urea groups is 1. The maximum absolute atomic E-state index is 13.4. The molecular weight excluding hydrogens is 494 g/mol. The highest BCUT2D eigenvalue weighted by Crippen LogP contribution is 2.29. The number of likely N-dealkylation sites (N-methyl/N-ethyl adjacent to an activating group) is 1. The third-order valence-corrected chi connectivity index (χ3v) is 6.90. The third-order valence-electron chi connectivity index (χ3n) is 6.90. The Bertz CT molecular complexity index is 1240. The molecule has 9 heteroatoms. The van der Waals surface area contributed by atoms with E-state index in [0.29, 0.717) is 35.8 Å². The lowest BCUT2D eigenvalue weighted by Crippen LogP contribution is -2.47. The molecular formula is C30H37N5O4. The molecule has 2 heterocycles. The number of benzene rings is 2. The van der Waals surface area contributed by atoms with E-state index in [1.54, 1.807) is 41.6 Å². The summed E-state index contributed by atoms with van der Waals surface area (Å²) in [7, 11) is 2.04. The summed E-state index contributed by atoms with van der Waals surface area (Å²) in [5.74, 6) is 0.526. The second-order valence-electron chi connectivity index (χ2n) is 10.2. The number of nitrogens with one attached hydrogen (secondary N) is 2. The van der Waals surface area contributed by atoms with E-state index in [1.165, 1.54) is 0 Å². The van der Waals surface area contributed by atoms with Crippen molar-refractivity contribution in [2.75, 3.05) is 37.4 Å². The molecule has 2 aromatic carbocycles. The average Bonchev–Trinajstić information content (AvgIpc) is 2.97. The number of pyridine rings is 1. The van der Waals surface area contributed by atoms with Gasteiger partial charge in [-0.1, -0.05) is 25.1 Å². The number of amides is 3. The Morgan fingerprint density at radius 2 is 1.85 bits per heavy atom. The average molecular weight is 532 g/mol.